The Morgan fingerprint density at radius 1 is 0.889 bits per heavy atom. The van der Waals surface area contributed by atoms with Crippen molar-refractivity contribution in [3.63, 3.8) is 0 Å². The molecule has 0 aromatic heterocycles. The van der Waals surface area contributed by atoms with E-state index in [0.29, 0.717) is 11.6 Å². The zero-order valence-corrected chi connectivity index (χ0v) is 16.1. The van der Waals surface area contributed by atoms with Crippen LogP contribution in [0.5, 0.6) is 0 Å². The van der Waals surface area contributed by atoms with Crippen LogP contribution in [0.4, 0.5) is 0 Å². The largest absolute Gasteiger partial charge is 0.340 e. The minimum absolute atomic E-state index is 0.0275. The average molecular weight is 379 g/mol. The number of likely N-dealkylation sites (N-methyl/N-ethyl adjacent to an activating group) is 1. The van der Waals surface area contributed by atoms with Crippen molar-refractivity contribution < 1.29 is 4.79 Å². The van der Waals surface area contributed by atoms with Gasteiger partial charge in [-0.1, -0.05) is 84.4 Å². The summed E-state index contributed by atoms with van der Waals surface area (Å²) in [5.41, 5.74) is 3.33. The van der Waals surface area contributed by atoms with E-state index >= 15 is 0 Å². The third-order valence-electron chi connectivity index (χ3n) is 4.48. The number of nitrogens with zero attached hydrogens (tertiary/aromatic N) is 1. The number of halogens is 1. The van der Waals surface area contributed by atoms with Gasteiger partial charge in [-0.3, -0.25) is 10.1 Å². The summed E-state index contributed by atoms with van der Waals surface area (Å²) in [5.74, 6) is 0.0433. The van der Waals surface area contributed by atoms with Gasteiger partial charge < -0.3 is 4.90 Å². The molecule has 0 saturated carbocycles. The van der Waals surface area contributed by atoms with Crippen molar-refractivity contribution in [1.82, 2.24) is 10.2 Å². The summed E-state index contributed by atoms with van der Waals surface area (Å²) in [5, 5.41) is 4.11. The summed E-state index contributed by atoms with van der Waals surface area (Å²) in [6.07, 6.45) is 0. The van der Waals surface area contributed by atoms with Crippen LogP contribution in [0.2, 0.25) is 5.02 Å². The maximum absolute atomic E-state index is 12.6. The predicted octanol–water partition coefficient (Wildman–Crippen LogP) is 4.68. The summed E-state index contributed by atoms with van der Waals surface area (Å²) in [7, 11) is 1.82. The number of carbonyl (C=O) groups is 1. The average Bonchev–Trinajstić information content (AvgIpc) is 2.71. The lowest BCUT2D eigenvalue weighted by Gasteiger charge is -2.22. The van der Waals surface area contributed by atoms with Crippen molar-refractivity contribution in [1.29, 1.82) is 0 Å². The van der Waals surface area contributed by atoms with Gasteiger partial charge in [-0.15, -0.1) is 0 Å². The second-order valence-electron chi connectivity index (χ2n) is 6.51. The molecular formula is C23H23ClN2O. The number of amides is 1. The fourth-order valence-electron chi connectivity index (χ4n) is 3.00. The summed E-state index contributed by atoms with van der Waals surface area (Å²) in [6, 6.07) is 27.9. The molecule has 0 unspecified atom stereocenters. The van der Waals surface area contributed by atoms with E-state index in [-0.39, 0.29) is 18.5 Å². The summed E-state index contributed by atoms with van der Waals surface area (Å²) in [4.78, 5) is 14.3. The van der Waals surface area contributed by atoms with Gasteiger partial charge >= 0.3 is 0 Å². The Bertz CT molecular complexity index is 811. The van der Waals surface area contributed by atoms with E-state index in [1.54, 1.807) is 4.90 Å². The van der Waals surface area contributed by atoms with Crippen molar-refractivity contribution in [2.24, 2.45) is 0 Å². The number of benzene rings is 3. The van der Waals surface area contributed by atoms with Crippen molar-refractivity contribution in [2.45, 2.75) is 12.6 Å². The molecule has 0 atom stereocenters. The van der Waals surface area contributed by atoms with Crippen molar-refractivity contribution in [3.05, 3.63) is 107 Å². The molecule has 0 aliphatic carbocycles. The van der Waals surface area contributed by atoms with Crippen LogP contribution in [0.1, 0.15) is 22.7 Å². The minimum Gasteiger partial charge on any atom is -0.340 e. The molecule has 3 nitrogen and oxygen atoms in total. The lowest BCUT2D eigenvalue weighted by Crippen LogP contribution is -2.37. The van der Waals surface area contributed by atoms with E-state index in [9.17, 15) is 4.79 Å². The number of hydrogen-bond acceptors (Lipinski definition) is 2. The highest BCUT2D eigenvalue weighted by Crippen LogP contribution is 2.21. The maximum Gasteiger partial charge on any atom is 0.236 e. The van der Waals surface area contributed by atoms with E-state index < -0.39 is 0 Å². The van der Waals surface area contributed by atoms with Crippen LogP contribution in [0.3, 0.4) is 0 Å². The maximum atomic E-state index is 12.6. The molecule has 0 heterocycles. The molecular weight excluding hydrogens is 356 g/mol. The normalized spacial score (nSPS) is 10.8. The molecule has 1 amide bonds. The van der Waals surface area contributed by atoms with Gasteiger partial charge in [0.2, 0.25) is 5.91 Å². The third-order valence-corrected chi connectivity index (χ3v) is 4.73. The predicted molar refractivity (Wildman–Crippen MR) is 111 cm³/mol. The molecule has 1 N–H and O–H groups in total. The molecule has 4 heteroatoms. The van der Waals surface area contributed by atoms with Crippen LogP contribution in [-0.4, -0.2) is 24.4 Å². The molecule has 27 heavy (non-hydrogen) atoms. The van der Waals surface area contributed by atoms with E-state index in [4.69, 9.17) is 11.6 Å². The lowest BCUT2D eigenvalue weighted by atomic mass is 9.99. The van der Waals surface area contributed by atoms with Crippen LogP contribution in [0.25, 0.3) is 0 Å². The molecule has 3 rings (SSSR count). The topological polar surface area (TPSA) is 32.3 Å². The van der Waals surface area contributed by atoms with Gasteiger partial charge in [-0.05, 0) is 28.8 Å². The highest BCUT2D eigenvalue weighted by molar-refractivity contribution is 6.30. The standard InChI is InChI=1S/C23H23ClN2O/c1-26(17-18-12-14-21(24)15-13-18)22(27)16-25-23(19-8-4-2-5-9-19)20-10-6-3-7-11-20/h2-15,23,25H,16-17H2,1H3. The number of hydrogen-bond donors (Lipinski definition) is 1. The molecule has 0 spiro atoms. The minimum atomic E-state index is -0.0275. The van der Waals surface area contributed by atoms with Crippen molar-refractivity contribution >= 4 is 17.5 Å². The van der Waals surface area contributed by atoms with E-state index in [2.05, 4.69) is 29.6 Å². The molecule has 0 bridgehead atoms. The zero-order valence-electron chi connectivity index (χ0n) is 15.3. The Balaban J connectivity index is 1.66. The first-order chi connectivity index (χ1) is 13.1. The first kappa shape index (κ1) is 19.2. The van der Waals surface area contributed by atoms with Crippen molar-refractivity contribution in [2.75, 3.05) is 13.6 Å². The fourth-order valence-corrected chi connectivity index (χ4v) is 3.12. The van der Waals surface area contributed by atoms with E-state index in [1.165, 1.54) is 0 Å². The molecule has 0 aliphatic rings. The molecule has 0 fully saturated rings. The zero-order chi connectivity index (χ0) is 19.1. The van der Waals surface area contributed by atoms with Crippen LogP contribution in [-0.2, 0) is 11.3 Å². The summed E-state index contributed by atoms with van der Waals surface area (Å²) < 4.78 is 0. The monoisotopic (exact) mass is 378 g/mol. The van der Waals surface area contributed by atoms with Gasteiger partial charge in [0.05, 0.1) is 12.6 Å². The molecule has 0 aliphatic heterocycles. The number of nitrogens with one attached hydrogen (secondary N) is 1. The Morgan fingerprint density at radius 3 is 1.93 bits per heavy atom. The molecule has 0 radical (unpaired) electrons. The highest BCUT2D eigenvalue weighted by Gasteiger charge is 2.16. The van der Waals surface area contributed by atoms with Gasteiger partial charge in [0.25, 0.3) is 0 Å². The first-order valence-electron chi connectivity index (χ1n) is 8.95. The van der Waals surface area contributed by atoms with Crippen LogP contribution in [0.15, 0.2) is 84.9 Å². The number of rotatable bonds is 7. The summed E-state index contributed by atoms with van der Waals surface area (Å²) in [6.45, 7) is 0.817. The van der Waals surface area contributed by atoms with E-state index in [1.807, 2.05) is 67.7 Å². The highest BCUT2D eigenvalue weighted by atomic mass is 35.5. The van der Waals surface area contributed by atoms with Gasteiger partial charge in [-0.25, -0.2) is 0 Å². The third kappa shape index (κ3) is 5.43. The van der Waals surface area contributed by atoms with Gasteiger partial charge in [0, 0.05) is 18.6 Å². The first-order valence-corrected chi connectivity index (χ1v) is 9.33. The smallest absolute Gasteiger partial charge is 0.236 e. The Labute approximate surface area is 165 Å². The fraction of sp³-hybridized carbons (Fsp3) is 0.174. The van der Waals surface area contributed by atoms with Gasteiger partial charge in [0.15, 0.2) is 0 Å². The summed E-state index contributed by atoms with van der Waals surface area (Å²) >= 11 is 5.92. The lowest BCUT2D eigenvalue weighted by molar-refractivity contribution is -0.129. The second kappa shape index (κ2) is 9.36. The van der Waals surface area contributed by atoms with Crippen LogP contribution < -0.4 is 5.32 Å². The Morgan fingerprint density at radius 2 is 1.41 bits per heavy atom. The van der Waals surface area contributed by atoms with Crippen LogP contribution >= 0.6 is 11.6 Å². The Kier molecular flexibility index (Phi) is 6.64. The van der Waals surface area contributed by atoms with Gasteiger partial charge in [0.1, 0.15) is 0 Å². The van der Waals surface area contributed by atoms with Gasteiger partial charge in [-0.2, -0.15) is 0 Å². The molecule has 3 aromatic carbocycles. The molecule has 0 saturated heterocycles. The second-order valence-corrected chi connectivity index (χ2v) is 6.95. The molecule has 138 valence electrons. The van der Waals surface area contributed by atoms with Crippen molar-refractivity contribution in [3.8, 4) is 0 Å². The number of carbonyl (C=O) groups excluding carboxylic acids is 1. The Hall–Kier alpha value is -2.62. The SMILES string of the molecule is CN(Cc1ccc(Cl)cc1)C(=O)CNC(c1ccccc1)c1ccccc1. The molecule has 3 aromatic rings. The van der Waals surface area contributed by atoms with Crippen LogP contribution in [0, 0.1) is 0 Å². The van der Waals surface area contributed by atoms with E-state index in [0.717, 1.165) is 16.7 Å². The quantitative estimate of drug-likeness (QED) is 0.647.